The lowest BCUT2D eigenvalue weighted by molar-refractivity contribution is -0.142. The van der Waals surface area contributed by atoms with Gasteiger partial charge in [-0.15, -0.1) is 0 Å². The van der Waals surface area contributed by atoms with Gasteiger partial charge in [-0.3, -0.25) is 4.79 Å². The normalized spacial score (nSPS) is 16.2. The largest absolute Gasteiger partial charge is 0.481 e. The van der Waals surface area contributed by atoms with Gasteiger partial charge in [-0.25, -0.2) is 9.50 Å². The number of aryl methyl sites for hydroxylation is 1. The quantitative estimate of drug-likeness (QED) is 0.819. The summed E-state index contributed by atoms with van der Waals surface area (Å²) in [4.78, 5) is 17.0. The van der Waals surface area contributed by atoms with Crippen molar-refractivity contribution in [3.63, 3.8) is 0 Å². The molecule has 0 amide bonds. The number of carboxylic acid groups (broad SMARTS) is 1. The van der Waals surface area contributed by atoms with Crippen LogP contribution in [0.2, 0.25) is 0 Å². The molecule has 6 nitrogen and oxygen atoms in total. The Balaban J connectivity index is 1.94. The molecule has 0 radical (unpaired) electrons. The standard InChI is InChI=1S/C11H12N4O2/c1-7-4-9-10(12-2-3-15(9)13-7)14-5-8(6-14)11(16)17/h2-4,8H,5-6H2,1H3,(H,16,17). The van der Waals surface area contributed by atoms with E-state index < -0.39 is 5.97 Å². The highest BCUT2D eigenvalue weighted by atomic mass is 16.4. The average molecular weight is 232 g/mol. The van der Waals surface area contributed by atoms with E-state index in [2.05, 4.69) is 10.1 Å². The van der Waals surface area contributed by atoms with Crippen LogP contribution in [-0.2, 0) is 4.79 Å². The molecule has 0 spiro atoms. The maximum atomic E-state index is 10.8. The second-order valence-electron chi connectivity index (χ2n) is 4.31. The van der Waals surface area contributed by atoms with E-state index in [0.717, 1.165) is 17.0 Å². The highest BCUT2D eigenvalue weighted by Gasteiger charge is 2.34. The molecule has 17 heavy (non-hydrogen) atoms. The molecule has 0 aromatic carbocycles. The fraction of sp³-hybridized carbons (Fsp3) is 0.364. The monoisotopic (exact) mass is 232 g/mol. The van der Waals surface area contributed by atoms with Crippen molar-refractivity contribution in [2.45, 2.75) is 6.92 Å². The summed E-state index contributed by atoms with van der Waals surface area (Å²) in [6, 6.07) is 1.95. The van der Waals surface area contributed by atoms with Gasteiger partial charge < -0.3 is 10.0 Å². The van der Waals surface area contributed by atoms with Gasteiger partial charge in [0.15, 0.2) is 5.82 Å². The molecule has 88 valence electrons. The molecule has 1 fully saturated rings. The van der Waals surface area contributed by atoms with E-state index in [1.54, 1.807) is 16.9 Å². The zero-order chi connectivity index (χ0) is 12.0. The van der Waals surface area contributed by atoms with Gasteiger partial charge >= 0.3 is 5.97 Å². The van der Waals surface area contributed by atoms with Crippen LogP contribution in [-0.4, -0.2) is 38.8 Å². The summed E-state index contributed by atoms with van der Waals surface area (Å²) in [5, 5.41) is 13.2. The maximum absolute atomic E-state index is 10.8. The number of nitrogens with zero attached hydrogens (tertiary/aromatic N) is 4. The Kier molecular flexibility index (Phi) is 2.04. The van der Waals surface area contributed by atoms with E-state index >= 15 is 0 Å². The Morgan fingerprint density at radius 2 is 2.29 bits per heavy atom. The highest BCUT2D eigenvalue weighted by Crippen LogP contribution is 2.26. The summed E-state index contributed by atoms with van der Waals surface area (Å²) >= 11 is 0. The Morgan fingerprint density at radius 1 is 1.53 bits per heavy atom. The molecule has 3 heterocycles. The minimum atomic E-state index is -0.738. The van der Waals surface area contributed by atoms with Gasteiger partial charge in [0, 0.05) is 25.5 Å². The number of hydrogen-bond donors (Lipinski definition) is 1. The smallest absolute Gasteiger partial charge is 0.310 e. The van der Waals surface area contributed by atoms with Crippen molar-refractivity contribution < 1.29 is 9.90 Å². The second-order valence-corrected chi connectivity index (χ2v) is 4.31. The van der Waals surface area contributed by atoms with Crippen LogP contribution >= 0.6 is 0 Å². The highest BCUT2D eigenvalue weighted by molar-refractivity contribution is 5.77. The van der Waals surface area contributed by atoms with Crippen LogP contribution in [0.15, 0.2) is 18.5 Å². The molecule has 0 saturated carbocycles. The molecule has 1 aliphatic heterocycles. The van der Waals surface area contributed by atoms with E-state index in [1.807, 2.05) is 17.9 Å². The Hall–Kier alpha value is -2.11. The van der Waals surface area contributed by atoms with Gasteiger partial charge in [-0.2, -0.15) is 5.10 Å². The fourth-order valence-corrected chi connectivity index (χ4v) is 2.08. The van der Waals surface area contributed by atoms with Crippen LogP contribution < -0.4 is 4.90 Å². The first-order valence-electron chi connectivity index (χ1n) is 5.44. The van der Waals surface area contributed by atoms with Crippen LogP contribution in [0.5, 0.6) is 0 Å². The third-order valence-corrected chi connectivity index (χ3v) is 3.02. The van der Waals surface area contributed by atoms with Crippen molar-refractivity contribution in [3.8, 4) is 0 Å². The number of fused-ring (bicyclic) bond motifs is 1. The molecule has 0 atom stereocenters. The van der Waals surface area contributed by atoms with Crippen molar-refractivity contribution in [2.24, 2.45) is 5.92 Å². The van der Waals surface area contributed by atoms with Gasteiger partial charge in [0.2, 0.25) is 0 Å². The molecule has 6 heteroatoms. The zero-order valence-corrected chi connectivity index (χ0v) is 9.37. The van der Waals surface area contributed by atoms with Gasteiger partial charge in [0.1, 0.15) is 5.52 Å². The van der Waals surface area contributed by atoms with Crippen LogP contribution in [0, 0.1) is 12.8 Å². The predicted octanol–water partition coefficient (Wildman–Crippen LogP) is 0.559. The molecule has 2 aromatic heterocycles. The number of rotatable bonds is 2. The SMILES string of the molecule is Cc1cc2c(N3CC(C(=O)O)C3)nccn2n1. The van der Waals surface area contributed by atoms with Gasteiger partial charge in [0.05, 0.1) is 11.6 Å². The van der Waals surface area contributed by atoms with Crippen LogP contribution in [0.25, 0.3) is 5.52 Å². The molecule has 0 aliphatic carbocycles. The number of carbonyl (C=O) groups is 1. The van der Waals surface area contributed by atoms with E-state index in [4.69, 9.17) is 5.11 Å². The molecule has 2 aromatic rings. The Bertz CT molecular complexity index is 586. The van der Waals surface area contributed by atoms with Crippen molar-refractivity contribution in [1.82, 2.24) is 14.6 Å². The lowest BCUT2D eigenvalue weighted by Gasteiger charge is -2.37. The molecule has 0 unspecified atom stereocenters. The third kappa shape index (κ3) is 1.52. The summed E-state index contributed by atoms with van der Waals surface area (Å²) < 4.78 is 1.77. The summed E-state index contributed by atoms with van der Waals surface area (Å²) in [5.41, 5.74) is 1.85. The van der Waals surface area contributed by atoms with Crippen molar-refractivity contribution in [1.29, 1.82) is 0 Å². The number of carboxylic acids is 1. The van der Waals surface area contributed by atoms with Gasteiger partial charge in [-0.05, 0) is 13.0 Å². The molecule has 1 N–H and O–H groups in total. The predicted molar refractivity (Wildman–Crippen MR) is 61.1 cm³/mol. The summed E-state index contributed by atoms with van der Waals surface area (Å²) in [5.74, 6) is -0.204. The lowest BCUT2D eigenvalue weighted by Crippen LogP contribution is -2.50. The van der Waals surface area contributed by atoms with Crippen molar-refractivity contribution in [3.05, 3.63) is 24.2 Å². The fourth-order valence-electron chi connectivity index (χ4n) is 2.08. The molecular weight excluding hydrogens is 220 g/mol. The first-order chi connectivity index (χ1) is 8.15. The zero-order valence-electron chi connectivity index (χ0n) is 9.37. The number of aromatic nitrogens is 3. The lowest BCUT2D eigenvalue weighted by atomic mass is 10.0. The van der Waals surface area contributed by atoms with E-state index in [1.165, 1.54) is 0 Å². The first-order valence-corrected chi connectivity index (χ1v) is 5.44. The van der Waals surface area contributed by atoms with Crippen LogP contribution in [0.1, 0.15) is 5.69 Å². The summed E-state index contributed by atoms with van der Waals surface area (Å²) in [6.45, 7) is 2.96. The average Bonchev–Trinajstić information content (AvgIpc) is 2.56. The van der Waals surface area contributed by atoms with E-state index in [0.29, 0.717) is 13.1 Å². The van der Waals surface area contributed by atoms with Gasteiger partial charge in [-0.1, -0.05) is 0 Å². The minimum absolute atomic E-state index is 0.277. The molecule has 0 bridgehead atoms. The molecule has 1 aliphatic rings. The Morgan fingerprint density at radius 3 is 3.00 bits per heavy atom. The summed E-state index contributed by atoms with van der Waals surface area (Å²) in [7, 11) is 0. The van der Waals surface area contributed by atoms with Gasteiger partial charge in [0.25, 0.3) is 0 Å². The Labute approximate surface area is 97.5 Å². The topological polar surface area (TPSA) is 70.7 Å². The molecule has 3 rings (SSSR count). The van der Waals surface area contributed by atoms with Crippen molar-refractivity contribution >= 4 is 17.3 Å². The molecule has 1 saturated heterocycles. The van der Waals surface area contributed by atoms with Crippen LogP contribution in [0.4, 0.5) is 5.82 Å². The number of anilines is 1. The number of aliphatic carboxylic acids is 1. The van der Waals surface area contributed by atoms with E-state index in [-0.39, 0.29) is 5.92 Å². The maximum Gasteiger partial charge on any atom is 0.310 e. The first kappa shape index (κ1) is 10.1. The minimum Gasteiger partial charge on any atom is -0.481 e. The summed E-state index contributed by atoms with van der Waals surface area (Å²) in [6.07, 6.45) is 3.48. The van der Waals surface area contributed by atoms with Crippen LogP contribution in [0.3, 0.4) is 0 Å². The third-order valence-electron chi connectivity index (χ3n) is 3.02. The number of hydrogen-bond acceptors (Lipinski definition) is 4. The second kappa shape index (κ2) is 3.44. The van der Waals surface area contributed by atoms with Crippen molar-refractivity contribution in [2.75, 3.05) is 18.0 Å². The molecular formula is C11H12N4O2. The van der Waals surface area contributed by atoms with E-state index in [9.17, 15) is 4.79 Å².